The fourth-order valence-corrected chi connectivity index (χ4v) is 5.24. The van der Waals surface area contributed by atoms with E-state index >= 15 is 0 Å². The molecule has 1 saturated heterocycles. The fourth-order valence-electron chi connectivity index (χ4n) is 5.24. The van der Waals surface area contributed by atoms with Gasteiger partial charge in [-0.05, 0) is 26.7 Å². The smallest absolute Gasteiger partial charge is 0.274 e. The van der Waals surface area contributed by atoms with Crippen molar-refractivity contribution in [1.82, 2.24) is 29.8 Å². The van der Waals surface area contributed by atoms with E-state index < -0.39 is 5.60 Å². The monoisotopic (exact) mass is 508 g/mol. The van der Waals surface area contributed by atoms with Crippen molar-refractivity contribution in [3.05, 3.63) is 52.4 Å². The summed E-state index contributed by atoms with van der Waals surface area (Å²) < 4.78 is 13.1. The van der Waals surface area contributed by atoms with Crippen molar-refractivity contribution in [2.45, 2.75) is 63.7 Å². The molecule has 2 aliphatic rings. The minimum Gasteiger partial charge on any atom is -0.379 e. The Balaban J connectivity index is 1.30. The number of carbonyl (C=O) groups is 1. The third kappa shape index (κ3) is 5.61. The zero-order chi connectivity index (χ0) is 25.9. The summed E-state index contributed by atoms with van der Waals surface area (Å²) in [4.78, 5) is 37.7. The Morgan fingerprint density at radius 1 is 1.14 bits per heavy atom. The zero-order valence-corrected chi connectivity index (χ0v) is 21.7. The highest BCUT2D eigenvalue weighted by molar-refractivity contribution is 5.85. The molecule has 10 heteroatoms. The predicted molar refractivity (Wildman–Crippen MR) is 139 cm³/mol. The fraction of sp³-hybridized carbons (Fsp3) is 0.556. The third-order valence-corrected chi connectivity index (χ3v) is 7.55. The van der Waals surface area contributed by atoms with E-state index in [-0.39, 0.29) is 29.4 Å². The summed E-state index contributed by atoms with van der Waals surface area (Å²) in [6.45, 7) is 8.02. The number of hydrogen-bond donors (Lipinski definition) is 2. The molecule has 1 aliphatic heterocycles. The highest BCUT2D eigenvalue weighted by Crippen LogP contribution is 2.33. The first-order chi connectivity index (χ1) is 17.9. The van der Waals surface area contributed by atoms with Gasteiger partial charge in [-0.2, -0.15) is 9.50 Å². The van der Waals surface area contributed by atoms with Crippen molar-refractivity contribution in [1.29, 1.82) is 0 Å². The second kappa shape index (κ2) is 10.7. The maximum absolute atomic E-state index is 13.5. The van der Waals surface area contributed by atoms with Gasteiger partial charge in [0.05, 0.1) is 25.5 Å². The lowest BCUT2D eigenvalue weighted by atomic mass is 9.83. The molecule has 3 aromatic rings. The second-order valence-electron chi connectivity index (χ2n) is 10.6. The Kier molecular flexibility index (Phi) is 7.41. The quantitative estimate of drug-likeness (QED) is 0.481. The standard InChI is InChI=1S/C27H36N6O4/c1-26(2,32-13-15-36-16-14-32)19-28-24(35)27(11-7-4-8-12-27)37-18-21-17-22(34)33-25(29-21)30-23(31-33)20-9-5-3-6-10-20/h3,5-6,9-10,17H,4,7-8,11-16,18-19H2,1-2H3,(H,28,35)(H,29,30,31). The normalized spacial score (nSPS) is 18.6. The van der Waals surface area contributed by atoms with Gasteiger partial charge >= 0.3 is 0 Å². The number of carbonyl (C=O) groups excluding carboxylic acids is 1. The van der Waals surface area contributed by atoms with Gasteiger partial charge in [0, 0.05) is 36.8 Å². The summed E-state index contributed by atoms with van der Waals surface area (Å²) in [6.07, 6.45) is 4.24. The van der Waals surface area contributed by atoms with E-state index in [4.69, 9.17) is 9.47 Å². The highest BCUT2D eigenvalue weighted by atomic mass is 16.5. The molecule has 1 amide bonds. The number of morpholine rings is 1. The van der Waals surface area contributed by atoms with E-state index in [0.717, 1.165) is 37.9 Å². The lowest BCUT2D eigenvalue weighted by Gasteiger charge is -2.42. The van der Waals surface area contributed by atoms with Crippen molar-refractivity contribution < 1.29 is 14.3 Å². The number of nitrogens with one attached hydrogen (secondary N) is 2. The van der Waals surface area contributed by atoms with Gasteiger partial charge in [0.1, 0.15) is 5.60 Å². The molecule has 2 N–H and O–H groups in total. The topological polar surface area (TPSA) is 114 Å². The van der Waals surface area contributed by atoms with Gasteiger partial charge in [-0.15, -0.1) is 0 Å². The molecular formula is C27H36N6O4. The number of H-pyrrole nitrogens is 1. The molecule has 3 heterocycles. The van der Waals surface area contributed by atoms with Crippen LogP contribution in [-0.4, -0.2) is 74.4 Å². The minimum atomic E-state index is -0.924. The van der Waals surface area contributed by atoms with Gasteiger partial charge in [0.15, 0.2) is 5.82 Å². The van der Waals surface area contributed by atoms with Gasteiger partial charge in [0.2, 0.25) is 0 Å². The maximum atomic E-state index is 13.5. The van der Waals surface area contributed by atoms with Gasteiger partial charge in [-0.1, -0.05) is 49.6 Å². The van der Waals surface area contributed by atoms with E-state index in [1.54, 1.807) is 0 Å². The molecule has 198 valence electrons. The predicted octanol–water partition coefficient (Wildman–Crippen LogP) is 2.53. The van der Waals surface area contributed by atoms with E-state index in [0.29, 0.717) is 44.1 Å². The van der Waals surface area contributed by atoms with Crippen LogP contribution in [0.25, 0.3) is 17.2 Å². The van der Waals surface area contributed by atoms with Crippen LogP contribution in [-0.2, 0) is 20.9 Å². The molecule has 0 bridgehead atoms. The van der Waals surface area contributed by atoms with Crippen LogP contribution in [0.4, 0.5) is 0 Å². The van der Waals surface area contributed by atoms with Crippen molar-refractivity contribution in [3.8, 4) is 11.4 Å². The zero-order valence-electron chi connectivity index (χ0n) is 21.7. The van der Waals surface area contributed by atoms with Crippen LogP contribution in [0.2, 0.25) is 0 Å². The maximum Gasteiger partial charge on any atom is 0.274 e. The van der Waals surface area contributed by atoms with Gasteiger partial charge < -0.3 is 14.8 Å². The van der Waals surface area contributed by atoms with Crippen LogP contribution in [0.5, 0.6) is 0 Å². The molecular weight excluding hydrogens is 472 g/mol. The Morgan fingerprint density at radius 2 is 1.86 bits per heavy atom. The lowest BCUT2D eigenvalue weighted by molar-refractivity contribution is -0.155. The molecule has 2 fully saturated rings. The van der Waals surface area contributed by atoms with Crippen molar-refractivity contribution >= 4 is 11.7 Å². The number of nitrogens with zero attached hydrogens (tertiary/aromatic N) is 4. The van der Waals surface area contributed by atoms with E-state index in [1.807, 2.05) is 30.3 Å². The molecule has 1 aliphatic carbocycles. The lowest BCUT2D eigenvalue weighted by Crippen LogP contribution is -2.58. The first-order valence-corrected chi connectivity index (χ1v) is 13.2. The molecule has 0 spiro atoms. The van der Waals surface area contributed by atoms with E-state index in [1.165, 1.54) is 10.6 Å². The van der Waals surface area contributed by atoms with Crippen molar-refractivity contribution in [3.63, 3.8) is 0 Å². The van der Waals surface area contributed by atoms with Crippen LogP contribution in [0.15, 0.2) is 41.2 Å². The average molecular weight is 509 g/mol. The molecule has 0 atom stereocenters. The van der Waals surface area contributed by atoms with Crippen LogP contribution >= 0.6 is 0 Å². The number of aromatic amines is 1. The van der Waals surface area contributed by atoms with Gasteiger partial charge in [-0.25, -0.2) is 4.98 Å². The van der Waals surface area contributed by atoms with Gasteiger partial charge in [0.25, 0.3) is 17.2 Å². The Labute approximate surface area is 216 Å². The molecule has 0 radical (unpaired) electrons. The average Bonchev–Trinajstić information content (AvgIpc) is 3.37. The molecule has 37 heavy (non-hydrogen) atoms. The summed E-state index contributed by atoms with van der Waals surface area (Å²) in [5, 5.41) is 6.19. The van der Waals surface area contributed by atoms with Crippen LogP contribution in [0.1, 0.15) is 51.6 Å². The number of aromatic nitrogens is 4. The van der Waals surface area contributed by atoms with Crippen LogP contribution < -0.4 is 10.9 Å². The summed E-state index contributed by atoms with van der Waals surface area (Å²) in [5.41, 5.74) is -0.0573. The second-order valence-corrected chi connectivity index (χ2v) is 10.6. The van der Waals surface area contributed by atoms with E-state index in [2.05, 4.69) is 39.1 Å². The number of rotatable bonds is 8. The van der Waals surface area contributed by atoms with Crippen molar-refractivity contribution in [2.75, 3.05) is 32.8 Å². The largest absolute Gasteiger partial charge is 0.379 e. The summed E-state index contributed by atoms with van der Waals surface area (Å²) in [6, 6.07) is 11.0. The Morgan fingerprint density at radius 3 is 2.59 bits per heavy atom. The van der Waals surface area contributed by atoms with E-state index in [9.17, 15) is 9.59 Å². The Hall–Kier alpha value is -3.08. The first kappa shape index (κ1) is 25.6. The number of fused-ring (bicyclic) bond motifs is 1. The SMILES string of the molecule is CC(C)(CNC(=O)C1(OCc2cc(=O)n3[nH]c(-c4ccccc4)nc3n2)CCCCC1)N1CCOCC1. The molecule has 10 nitrogen and oxygen atoms in total. The number of benzene rings is 1. The van der Waals surface area contributed by atoms with Crippen LogP contribution in [0, 0.1) is 0 Å². The number of ether oxygens (including phenoxy) is 2. The molecule has 0 unspecified atom stereocenters. The summed E-state index contributed by atoms with van der Waals surface area (Å²) in [7, 11) is 0. The first-order valence-electron chi connectivity index (χ1n) is 13.2. The molecule has 5 rings (SSSR count). The summed E-state index contributed by atoms with van der Waals surface area (Å²) >= 11 is 0. The summed E-state index contributed by atoms with van der Waals surface area (Å²) in [5.74, 6) is 0.756. The number of hydrogen-bond acceptors (Lipinski definition) is 7. The highest BCUT2D eigenvalue weighted by Gasteiger charge is 2.41. The molecule has 1 aromatic carbocycles. The molecule has 2 aromatic heterocycles. The Bertz CT molecular complexity index is 1270. The third-order valence-electron chi connectivity index (χ3n) is 7.55. The number of amides is 1. The van der Waals surface area contributed by atoms with Crippen molar-refractivity contribution in [2.24, 2.45) is 0 Å². The van der Waals surface area contributed by atoms with Gasteiger partial charge in [-0.3, -0.25) is 19.6 Å². The minimum absolute atomic E-state index is 0.0690. The molecule has 1 saturated carbocycles. The van der Waals surface area contributed by atoms with Crippen LogP contribution in [0.3, 0.4) is 0 Å².